The molecule has 4 heteroatoms. The fourth-order valence-electron chi connectivity index (χ4n) is 3.77. The van der Waals surface area contributed by atoms with Crippen LogP contribution >= 0.6 is 0 Å². The highest BCUT2D eigenvalue weighted by atomic mass is 16.5. The lowest BCUT2D eigenvalue weighted by Crippen LogP contribution is -2.13. The third kappa shape index (κ3) is 10.9. The number of hydrogen-bond acceptors (Lipinski definition) is 4. The van der Waals surface area contributed by atoms with Crippen LogP contribution in [0.1, 0.15) is 97.5 Å². The Labute approximate surface area is 201 Å². The van der Waals surface area contributed by atoms with E-state index in [1.807, 2.05) is 36.4 Å². The molecule has 4 nitrogen and oxygen atoms in total. The largest absolute Gasteiger partial charge is 0.506 e. The van der Waals surface area contributed by atoms with E-state index in [0.29, 0.717) is 5.69 Å². The first-order valence-electron chi connectivity index (χ1n) is 12.8. The molecule has 0 saturated heterocycles. The quantitative estimate of drug-likeness (QED) is 0.151. The van der Waals surface area contributed by atoms with Gasteiger partial charge in [0.15, 0.2) is 6.73 Å². The van der Waals surface area contributed by atoms with Gasteiger partial charge in [0.25, 0.3) is 0 Å². The summed E-state index contributed by atoms with van der Waals surface area (Å²) in [5.74, 6) is 1.80. The number of ether oxygens (including phenoxy) is 2. The summed E-state index contributed by atoms with van der Waals surface area (Å²) in [7, 11) is 0. The van der Waals surface area contributed by atoms with Gasteiger partial charge in [-0.05, 0) is 41.7 Å². The van der Waals surface area contributed by atoms with Crippen molar-refractivity contribution in [1.82, 2.24) is 0 Å². The second-order valence-electron chi connectivity index (χ2n) is 9.95. The number of phenols is 1. The van der Waals surface area contributed by atoms with Crippen LogP contribution in [0.3, 0.4) is 0 Å². The Bertz CT molecular complexity index is 798. The topological polar surface area (TPSA) is 50.7 Å². The first kappa shape index (κ1) is 26.9. The number of phenolic OH excluding ortho intramolecular Hbond substituents is 1. The number of hydrogen-bond donors (Lipinski definition) is 2. The molecule has 2 aromatic rings. The van der Waals surface area contributed by atoms with Gasteiger partial charge in [-0.2, -0.15) is 0 Å². The highest BCUT2D eigenvalue weighted by molar-refractivity contribution is 5.58. The van der Waals surface area contributed by atoms with Crippen molar-refractivity contribution in [3.8, 4) is 17.2 Å². The van der Waals surface area contributed by atoms with E-state index in [1.54, 1.807) is 6.07 Å². The molecular formula is C29H45NO3. The maximum atomic E-state index is 10.1. The van der Waals surface area contributed by atoms with E-state index in [2.05, 4.69) is 33.0 Å². The van der Waals surface area contributed by atoms with Gasteiger partial charge in [0.1, 0.15) is 17.2 Å². The number of benzene rings is 2. The highest BCUT2D eigenvalue weighted by Crippen LogP contribution is 2.30. The minimum Gasteiger partial charge on any atom is -0.506 e. The zero-order chi connectivity index (χ0) is 23.9. The SMILES string of the molecule is CCCCCCCCCCCCOc1cccc(OCNc2cc(C(C)(C)C)ccc2O)c1. The van der Waals surface area contributed by atoms with Crippen molar-refractivity contribution in [1.29, 1.82) is 0 Å². The molecule has 2 rings (SSSR count). The lowest BCUT2D eigenvalue weighted by molar-refractivity contribution is 0.299. The van der Waals surface area contributed by atoms with Gasteiger partial charge in [-0.25, -0.2) is 0 Å². The average Bonchev–Trinajstić information content (AvgIpc) is 2.78. The zero-order valence-corrected chi connectivity index (χ0v) is 21.3. The fraction of sp³-hybridized carbons (Fsp3) is 0.586. The van der Waals surface area contributed by atoms with Gasteiger partial charge in [-0.15, -0.1) is 0 Å². The van der Waals surface area contributed by atoms with E-state index in [4.69, 9.17) is 9.47 Å². The van der Waals surface area contributed by atoms with Crippen LogP contribution in [0, 0.1) is 0 Å². The number of aromatic hydroxyl groups is 1. The van der Waals surface area contributed by atoms with Crippen LogP contribution in [0.2, 0.25) is 0 Å². The van der Waals surface area contributed by atoms with Crippen molar-refractivity contribution in [2.75, 3.05) is 18.7 Å². The van der Waals surface area contributed by atoms with Crippen LogP contribution in [-0.4, -0.2) is 18.4 Å². The summed E-state index contributed by atoms with van der Waals surface area (Å²) in [5, 5.41) is 13.3. The molecule has 0 aliphatic heterocycles. The van der Waals surface area contributed by atoms with Crippen molar-refractivity contribution in [3.63, 3.8) is 0 Å². The van der Waals surface area contributed by atoms with Crippen molar-refractivity contribution in [2.24, 2.45) is 0 Å². The van der Waals surface area contributed by atoms with Crippen LogP contribution in [0.25, 0.3) is 0 Å². The summed E-state index contributed by atoms with van der Waals surface area (Å²) >= 11 is 0. The van der Waals surface area contributed by atoms with Crippen LogP contribution in [0.5, 0.6) is 17.2 Å². The van der Waals surface area contributed by atoms with Gasteiger partial charge in [0.05, 0.1) is 12.3 Å². The Morgan fingerprint density at radius 1 is 0.758 bits per heavy atom. The molecule has 0 fully saturated rings. The molecule has 0 aliphatic carbocycles. The highest BCUT2D eigenvalue weighted by Gasteiger charge is 2.15. The van der Waals surface area contributed by atoms with Crippen LogP contribution < -0.4 is 14.8 Å². The molecule has 0 saturated carbocycles. The van der Waals surface area contributed by atoms with Crippen LogP contribution in [-0.2, 0) is 5.41 Å². The Morgan fingerprint density at radius 2 is 1.36 bits per heavy atom. The molecule has 0 aromatic heterocycles. The van der Waals surface area contributed by atoms with E-state index in [9.17, 15) is 5.11 Å². The van der Waals surface area contributed by atoms with E-state index >= 15 is 0 Å². The summed E-state index contributed by atoms with van der Waals surface area (Å²) in [6, 6.07) is 13.4. The minimum absolute atomic E-state index is 0.0188. The van der Waals surface area contributed by atoms with Crippen LogP contribution in [0.15, 0.2) is 42.5 Å². The molecular weight excluding hydrogens is 410 g/mol. The molecule has 184 valence electrons. The Morgan fingerprint density at radius 3 is 2.00 bits per heavy atom. The normalized spacial score (nSPS) is 11.4. The summed E-state index contributed by atoms with van der Waals surface area (Å²) in [4.78, 5) is 0. The standard InChI is InChI=1S/C29H45NO3/c1-5-6-7-8-9-10-11-12-13-14-20-32-25-16-15-17-26(22-25)33-23-30-27-21-24(29(2,3)4)18-19-28(27)31/h15-19,21-22,30-31H,5-14,20,23H2,1-4H3. The number of nitrogens with one attached hydrogen (secondary N) is 1. The molecule has 33 heavy (non-hydrogen) atoms. The fourth-order valence-corrected chi connectivity index (χ4v) is 3.77. The summed E-state index contributed by atoms with van der Waals surface area (Å²) in [6.07, 6.45) is 13.2. The third-order valence-electron chi connectivity index (χ3n) is 5.94. The first-order chi connectivity index (χ1) is 15.9. The molecule has 0 radical (unpaired) electrons. The molecule has 0 unspecified atom stereocenters. The lowest BCUT2D eigenvalue weighted by atomic mass is 9.87. The predicted molar refractivity (Wildman–Crippen MR) is 140 cm³/mol. The van der Waals surface area contributed by atoms with Crippen molar-refractivity contribution >= 4 is 5.69 Å². The molecule has 0 aliphatic rings. The van der Waals surface area contributed by atoms with E-state index in [0.717, 1.165) is 30.1 Å². The number of rotatable bonds is 16. The molecule has 2 N–H and O–H groups in total. The van der Waals surface area contributed by atoms with Gasteiger partial charge >= 0.3 is 0 Å². The molecule has 0 atom stereocenters. The molecule has 0 bridgehead atoms. The van der Waals surface area contributed by atoms with E-state index in [-0.39, 0.29) is 17.9 Å². The smallest absolute Gasteiger partial charge is 0.159 e. The average molecular weight is 456 g/mol. The Kier molecular flexibility index (Phi) is 12.0. The van der Waals surface area contributed by atoms with Crippen molar-refractivity contribution < 1.29 is 14.6 Å². The summed E-state index contributed by atoms with van der Waals surface area (Å²) in [5.41, 5.74) is 1.85. The van der Waals surface area contributed by atoms with Crippen molar-refractivity contribution in [3.05, 3.63) is 48.0 Å². The minimum atomic E-state index is 0.0188. The molecule has 2 aromatic carbocycles. The van der Waals surface area contributed by atoms with Gasteiger partial charge in [0.2, 0.25) is 0 Å². The Hall–Kier alpha value is -2.36. The predicted octanol–water partition coefficient (Wildman–Crippen LogP) is 8.44. The monoisotopic (exact) mass is 455 g/mol. The maximum Gasteiger partial charge on any atom is 0.159 e. The van der Waals surface area contributed by atoms with E-state index in [1.165, 1.54) is 57.8 Å². The number of unbranched alkanes of at least 4 members (excludes halogenated alkanes) is 9. The zero-order valence-electron chi connectivity index (χ0n) is 21.3. The van der Waals surface area contributed by atoms with Gasteiger partial charge in [-0.3, -0.25) is 0 Å². The second-order valence-corrected chi connectivity index (χ2v) is 9.95. The van der Waals surface area contributed by atoms with Crippen LogP contribution in [0.4, 0.5) is 5.69 Å². The molecule has 0 heterocycles. The van der Waals surface area contributed by atoms with Gasteiger partial charge in [-0.1, -0.05) is 97.6 Å². The van der Waals surface area contributed by atoms with Crippen molar-refractivity contribution in [2.45, 2.75) is 97.3 Å². The molecule has 0 spiro atoms. The van der Waals surface area contributed by atoms with Gasteiger partial charge < -0.3 is 19.9 Å². The maximum absolute atomic E-state index is 10.1. The second kappa shape index (κ2) is 14.7. The first-order valence-corrected chi connectivity index (χ1v) is 12.8. The Balaban J connectivity index is 1.64. The molecule has 0 amide bonds. The van der Waals surface area contributed by atoms with Gasteiger partial charge in [0, 0.05) is 6.07 Å². The third-order valence-corrected chi connectivity index (χ3v) is 5.94. The van der Waals surface area contributed by atoms with E-state index < -0.39 is 0 Å². The summed E-state index contributed by atoms with van der Waals surface area (Å²) < 4.78 is 11.8. The number of anilines is 1. The summed E-state index contributed by atoms with van der Waals surface area (Å²) in [6.45, 7) is 9.74. The lowest BCUT2D eigenvalue weighted by Gasteiger charge is -2.20.